The van der Waals surface area contributed by atoms with E-state index >= 15 is 0 Å². The standard InChI is InChI=1S/C15H13N5OS/c1-9-13(20-15(18-9)22-10(2)19-20)8-17-14(21)12-5-3-4-11(6-12)7-16/h3-6H,8H2,1-2H3,(H,17,21). The summed E-state index contributed by atoms with van der Waals surface area (Å²) in [5, 5.41) is 17.0. The molecule has 0 unspecified atom stereocenters. The first-order valence-electron chi connectivity index (χ1n) is 6.68. The zero-order chi connectivity index (χ0) is 15.7. The summed E-state index contributed by atoms with van der Waals surface area (Å²) in [6, 6.07) is 8.64. The zero-order valence-electron chi connectivity index (χ0n) is 12.1. The Balaban J connectivity index is 1.80. The van der Waals surface area contributed by atoms with Gasteiger partial charge in [0.1, 0.15) is 5.01 Å². The molecule has 0 spiro atoms. The predicted octanol–water partition coefficient (Wildman–Crippen LogP) is 2.21. The lowest BCUT2D eigenvalue weighted by Gasteiger charge is -2.05. The van der Waals surface area contributed by atoms with E-state index in [0.717, 1.165) is 21.4 Å². The van der Waals surface area contributed by atoms with Crippen LogP contribution in [-0.2, 0) is 6.54 Å². The van der Waals surface area contributed by atoms with Crippen molar-refractivity contribution < 1.29 is 4.79 Å². The summed E-state index contributed by atoms with van der Waals surface area (Å²) in [6.45, 7) is 4.16. The number of amides is 1. The van der Waals surface area contributed by atoms with Gasteiger partial charge in [0.2, 0.25) is 4.96 Å². The number of aryl methyl sites for hydroxylation is 2. The first-order valence-corrected chi connectivity index (χ1v) is 7.50. The van der Waals surface area contributed by atoms with Gasteiger partial charge in [-0.3, -0.25) is 4.79 Å². The molecule has 0 aliphatic heterocycles. The molecule has 0 bridgehead atoms. The third-order valence-electron chi connectivity index (χ3n) is 3.27. The van der Waals surface area contributed by atoms with Gasteiger partial charge in [0.15, 0.2) is 0 Å². The lowest BCUT2D eigenvalue weighted by molar-refractivity contribution is 0.0950. The molecule has 0 saturated heterocycles. The normalized spacial score (nSPS) is 10.6. The number of hydrogen-bond acceptors (Lipinski definition) is 5. The highest BCUT2D eigenvalue weighted by Gasteiger charge is 2.14. The molecule has 0 fully saturated rings. The van der Waals surface area contributed by atoms with Crippen LogP contribution in [0.2, 0.25) is 0 Å². The Bertz CT molecular complexity index is 902. The third kappa shape index (κ3) is 2.56. The van der Waals surface area contributed by atoms with E-state index in [1.165, 1.54) is 11.3 Å². The van der Waals surface area contributed by atoms with Crippen LogP contribution in [0.5, 0.6) is 0 Å². The van der Waals surface area contributed by atoms with Gasteiger partial charge in [-0.05, 0) is 32.0 Å². The molecule has 7 heteroatoms. The average Bonchev–Trinajstić information content (AvgIpc) is 3.00. The van der Waals surface area contributed by atoms with Gasteiger partial charge in [-0.1, -0.05) is 17.4 Å². The quantitative estimate of drug-likeness (QED) is 0.804. The Morgan fingerprint density at radius 3 is 3.05 bits per heavy atom. The highest BCUT2D eigenvalue weighted by atomic mass is 32.1. The molecular weight excluding hydrogens is 298 g/mol. The number of fused-ring (bicyclic) bond motifs is 1. The molecule has 1 aromatic carbocycles. The molecule has 1 N–H and O–H groups in total. The number of imidazole rings is 1. The summed E-state index contributed by atoms with van der Waals surface area (Å²) >= 11 is 1.51. The highest BCUT2D eigenvalue weighted by Crippen LogP contribution is 2.17. The van der Waals surface area contributed by atoms with Crippen LogP contribution in [0.3, 0.4) is 0 Å². The van der Waals surface area contributed by atoms with Gasteiger partial charge in [-0.2, -0.15) is 10.4 Å². The van der Waals surface area contributed by atoms with E-state index in [9.17, 15) is 4.79 Å². The summed E-state index contributed by atoms with van der Waals surface area (Å²) in [5.41, 5.74) is 2.64. The van der Waals surface area contributed by atoms with Crippen LogP contribution in [0.1, 0.15) is 32.3 Å². The van der Waals surface area contributed by atoms with Crippen LogP contribution >= 0.6 is 11.3 Å². The van der Waals surface area contributed by atoms with Crippen molar-refractivity contribution >= 4 is 22.2 Å². The van der Waals surface area contributed by atoms with Gasteiger partial charge < -0.3 is 5.32 Å². The van der Waals surface area contributed by atoms with E-state index in [-0.39, 0.29) is 5.91 Å². The summed E-state index contributed by atoms with van der Waals surface area (Å²) in [6.07, 6.45) is 0. The topological polar surface area (TPSA) is 83.1 Å². The van der Waals surface area contributed by atoms with E-state index in [1.807, 2.05) is 19.9 Å². The molecule has 2 aromatic heterocycles. The van der Waals surface area contributed by atoms with Crippen molar-refractivity contribution in [3.63, 3.8) is 0 Å². The van der Waals surface area contributed by atoms with Crippen molar-refractivity contribution in [3.8, 4) is 6.07 Å². The molecule has 0 aliphatic carbocycles. The molecule has 110 valence electrons. The van der Waals surface area contributed by atoms with Crippen LogP contribution in [0, 0.1) is 25.2 Å². The minimum Gasteiger partial charge on any atom is -0.346 e. The maximum absolute atomic E-state index is 12.2. The maximum Gasteiger partial charge on any atom is 0.251 e. The van der Waals surface area contributed by atoms with Crippen molar-refractivity contribution in [2.24, 2.45) is 0 Å². The first kappa shape index (κ1) is 14.2. The van der Waals surface area contributed by atoms with E-state index in [2.05, 4.69) is 15.4 Å². The second-order valence-corrected chi connectivity index (χ2v) is 5.99. The first-order chi connectivity index (χ1) is 10.6. The monoisotopic (exact) mass is 311 g/mol. The predicted molar refractivity (Wildman–Crippen MR) is 82.7 cm³/mol. The van der Waals surface area contributed by atoms with Crippen molar-refractivity contribution in [2.45, 2.75) is 20.4 Å². The second kappa shape index (κ2) is 5.58. The van der Waals surface area contributed by atoms with Crippen molar-refractivity contribution in [1.82, 2.24) is 19.9 Å². The van der Waals surface area contributed by atoms with E-state index in [0.29, 0.717) is 17.7 Å². The maximum atomic E-state index is 12.2. The Labute approximate surface area is 131 Å². The minimum absolute atomic E-state index is 0.224. The van der Waals surface area contributed by atoms with Gasteiger partial charge in [0.25, 0.3) is 5.91 Å². The lowest BCUT2D eigenvalue weighted by atomic mass is 10.1. The molecule has 3 rings (SSSR count). The number of rotatable bonds is 3. The fraction of sp³-hybridized carbons (Fsp3) is 0.200. The Hall–Kier alpha value is -2.72. The number of nitriles is 1. The Kier molecular flexibility index (Phi) is 3.61. The van der Waals surface area contributed by atoms with Gasteiger partial charge >= 0.3 is 0 Å². The van der Waals surface area contributed by atoms with Gasteiger partial charge in [-0.15, -0.1) is 0 Å². The van der Waals surface area contributed by atoms with E-state index in [1.54, 1.807) is 28.8 Å². The van der Waals surface area contributed by atoms with Crippen LogP contribution in [0.25, 0.3) is 4.96 Å². The number of nitrogens with zero attached hydrogens (tertiary/aromatic N) is 4. The van der Waals surface area contributed by atoms with E-state index < -0.39 is 0 Å². The Morgan fingerprint density at radius 2 is 2.27 bits per heavy atom. The lowest BCUT2D eigenvalue weighted by Crippen LogP contribution is -2.24. The molecule has 0 radical (unpaired) electrons. The van der Waals surface area contributed by atoms with Crippen LogP contribution in [0.4, 0.5) is 0 Å². The summed E-state index contributed by atoms with van der Waals surface area (Å²) in [4.78, 5) is 17.5. The summed E-state index contributed by atoms with van der Waals surface area (Å²) < 4.78 is 1.77. The highest BCUT2D eigenvalue weighted by molar-refractivity contribution is 7.16. The van der Waals surface area contributed by atoms with Crippen LogP contribution in [0.15, 0.2) is 24.3 Å². The molecule has 0 atom stereocenters. The van der Waals surface area contributed by atoms with Crippen molar-refractivity contribution in [2.75, 3.05) is 0 Å². The average molecular weight is 311 g/mol. The largest absolute Gasteiger partial charge is 0.346 e. The summed E-state index contributed by atoms with van der Waals surface area (Å²) in [5.74, 6) is -0.224. The Morgan fingerprint density at radius 1 is 1.45 bits per heavy atom. The SMILES string of the molecule is Cc1nn2c(CNC(=O)c3cccc(C#N)c3)c(C)nc2s1. The van der Waals surface area contributed by atoms with Crippen LogP contribution in [-0.4, -0.2) is 20.5 Å². The minimum atomic E-state index is -0.224. The van der Waals surface area contributed by atoms with Gasteiger partial charge in [0, 0.05) is 5.56 Å². The molecule has 22 heavy (non-hydrogen) atoms. The molecule has 3 aromatic rings. The van der Waals surface area contributed by atoms with Crippen molar-refractivity contribution in [1.29, 1.82) is 5.26 Å². The fourth-order valence-electron chi connectivity index (χ4n) is 2.19. The number of carbonyl (C=O) groups excluding carboxylic acids is 1. The molecule has 6 nitrogen and oxygen atoms in total. The van der Waals surface area contributed by atoms with Gasteiger partial charge in [0.05, 0.1) is 29.6 Å². The zero-order valence-corrected chi connectivity index (χ0v) is 12.9. The summed E-state index contributed by atoms with van der Waals surface area (Å²) in [7, 11) is 0. The molecule has 2 heterocycles. The molecular formula is C15H13N5OS. The number of aromatic nitrogens is 3. The molecule has 0 aliphatic rings. The number of benzene rings is 1. The molecule has 1 amide bonds. The van der Waals surface area contributed by atoms with Gasteiger partial charge in [-0.25, -0.2) is 9.50 Å². The smallest absolute Gasteiger partial charge is 0.251 e. The third-order valence-corrected chi connectivity index (χ3v) is 4.09. The number of hydrogen-bond donors (Lipinski definition) is 1. The van der Waals surface area contributed by atoms with Crippen molar-refractivity contribution in [3.05, 3.63) is 51.8 Å². The molecule has 0 saturated carbocycles. The second-order valence-electron chi connectivity index (χ2n) is 4.83. The fourth-order valence-corrected chi connectivity index (χ4v) is 2.99. The number of nitrogens with one attached hydrogen (secondary N) is 1. The number of carbonyl (C=O) groups is 1. The van der Waals surface area contributed by atoms with Crippen LogP contribution < -0.4 is 5.32 Å². The van der Waals surface area contributed by atoms with E-state index in [4.69, 9.17) is 5.26 Å².